The monoisotopic (exact) mass is 471 g/mol. The lowest BCUT2D eigenvalue weighted by molar-refractivity contribution is -0.200. The average Bonchev–Trinajstić information content (AvgIpc) is 3.55. The van der Waals surface area contributed by atoms with Gasteiger partial charge in [-0.25, -0.2) is 0 Å². The molecule has 1 aromatic rings. The number of fused-ring (bicyclic) bond motifs is 5. The Morgan fingerprint density at radius 1 is 1.03 bits per heavy atom. The Hall–Kier alpha value is -0.450. The summed E-state index contributed by atoms with van der Waals surface area (Å²) in [5, 5.41) is 13.2. The first-order valence-electron chi connectivity index (χ1n) is 14.0. The molecule has 5 aliphatic rings. The Kier molecular flexibility index (Phi) is 5.98. The van der Waals surface area contributed by atoms with Gasteiger partial charge in [-0.05, 0) is 124 Å². The Morgan fingerprint density at radius 2 is 1.88 bits per heavy atom. The number of hydrogen-bond acceptors (Lipinski definition) is 4. The van der Waals surface area contributed by atoms with E-state index in [4.69, 9.17) is 4.42 Å². The van der Waals surface area contributed by atoms with E-state index in [2.05, 4.69) is 36.6 Å². The molecule has 6 rings (SSSR count). The third-order valence-electron chi connectivity index (χ3n) is 11.7. The predicted molar refractivity (Wildman–Crippen MR) is 137 cm³/mol. The highest BCUT2D eigenvalue weighted by Crippen LogP contribution is 2.70. The van der Waals surface area contributed by atoms with Crippen LogP contribution in [0.3, 0.4) is 0 Å². The molecule has 1 saturated heterocycles. The van der Waals surface area contributed by atoms with E-state index in [-0.39, 0.29) is 5.41 Å². The highest BCUT2D eigenvalue weighted by atomic mass is 32.2. The Balaban J connectivity index is 1.14. The summed E-state index contributed by atoms with van der Waals surface area (Å²) in [6, 6.07) is 2.15. The highest BCUT2D eigenvalue weighted by molar-refractivity contribution is 7.99. The summed E-state index contributed by atoms with van der Waals surface area (Å²) in [6.07, 6.45) is 18.0. The summed E-state index contributed by atoms with van der Waals surface area (Å²) in [5.41, 5.74) is 1.27. The maximum Gasteiger partial charge on any atom is 0.0937 e. The Bertz CT molecular complexity index is 822. The van der Waals surface area contributed by atoms with Crippen molar-refractivity contribution < 1.29 is 9.52 Å². The molecule has 33 heavy (non-hydrogen) atoms. The third kappa shape index (κ3) is 3.59. The second-order valence-electron chi connectivity index (χ2n) is 12.8. The molecule has 4 aliphatic carbocycles. The van der Waals surface area contributed by atoms with Crippen molar-refractivity contribution in [1.82, 2.24) is 4.90 Å². The molecule has 2 heterocycles. The maximum absolute atomic E-state index is 12.4. The second kappa shape index (κ2) is 8.59. The minimum absolute atomic E-state index is 0.00383. The molecule has 184 valence electrons. The number of rotatable bonds is 5. The van der Waals surface area contributed by atoms with E-state index in [0.29, 0.717) is 23.2 Å². The lowest BCUT2D eigenvalue weighted by Gasteiger charge is -2.63. The lowest BCUT2D eigenvalue weighted by Crippen LogP contribution is -2.61. The molecule has 1 N–H and O–H groups in total. The minimum atomic E-state index is -0.493. The van der Waals surface area contributed by atoms with Crippen molar-refractivity contribution in [2.75, 3.05) is 25.4 Å². The molecule has 1 aliphatic heterocycles. The normalized spacial score (nSPS) is 47.8. The number of aliphatic hydroxyl groups is 1. The summed E-state index contributed by atoms with van der Waals surface area (Å²) in [5.74, 6) is 3.86. The van der Waals surface area contributed by atoms with Crippen LogP contribution in [-0.4, -0.2) is 46.2 Å². The highest BCUT2D eigenvalue weighted by Gasteiger charge is 2.67. The largest absolute Gasteiger partial charge is 0.472 e. The lowest BCUT2D eigenvalue weighted by atomic mass is 9.43. The number of furan rings is 1. The fourth-order valence-electron chi connectivity index (χ4n) is 9.70. The third-order valence-corrected chi connectivity index (χ3v) is 13.0. The van der Waals surface area contributed by atoms with Crippen molar-refractivity contribution in [3.05, 3.63) is 24.2 Å². The molecule has 0 amide bonds. The summed E-state index contributed by atoms with van der Waals surface area (Å²) >= 11 is 2.28. The first-order chi connectivity index (χ1) is 15.9. The topological polar surface area (TPSA) is 36.6 Å². The van der Waals surface area contributed by atoms with Gasteiger partial charge in [0.2, 0.25) is 0 Å². The van der Waals surface area contributed by atoms with Crippen LogP contribution < -0.4 is 0 Å². The second-order valence-corrected chi connectivity index (χ2v) is 14.2. The summed E-state index contributed by atoms with van der Waals surface area (Å²) in [7, 11) is 0. The molecule has 8 atom stereocenters. The molecule has 0 radical (unpaired) electrons. The van der Waals surface area contributed by atoms with E-state index < -0.39 is 5.60 Å². The number of likely N-dealkylation sites (tertiary alicyclic amines) is 1. The quantitative estimate of drug-likeness (QED) is 0.517. The number of thioether (sulfide) groups is 1. The van der Waals surface area contributed by atoms with Gasteiger partial charge in [-0.15, -0.1) is 0 Å². The zero-order valence-electron chi connectivity index (χ0n) is 20.9. The van der Waals surface area contributed by atoms with Gasteiger partial charge in [0.1, 0.15) is 0 Å². The molecule has 0 spiro atoms. The zero-order chi connectivity index (χ0) is 22.7. The summed E-state index contributed by atoms with van der Waals surface area (Å²) < 4.78 is 5.46. The minimum Gasteiger partial charge on any atom is -0.472 e. The van der Waals surface area contributed by atoms with Crippen molar-refractivity contribution in [1.29, 1.82) is 0 Å². The van der Waals surface area contributed by atoms with Gasteiger partial charge in [-0.2, -0.15) is 11.8 Å². The fraction of sp³-hybridized carbons (Fsp3) is 0.862. The van der Waals surface area contributed by atoms with Crippen LogP contribution in [-0.2, 0) is 0 Å². The molecular weight excluding hydrogens is 426 g/mol. The van der Waals surface area contributed by atoms with Gasteiger partial charge in [0.25, 0.3) is 0 Å². The van der Waals surface area contributed by atoms with Gasteiger partial charge in [0.15, 0.2) is 0 Å². The van der Waals surface area contributed by atoms with Gasteiger partial charge in [0.05, 0.1) is 18.1 Å². The molecule has 0 aromatic carbocycles. The van der Waals surface area contributed by atoms with Crippen LogP contribution in [0.4, 0.5) is 0 Å². The molecule has 0 bridgehead atoms. The first-order valence-corrected chi connectivity index (χ1v) is 15.1. The van der Waals surface area contributed by atoms with E-state index in [1.807, 2.05) is 12.5 Å². The van der Waals surface area contributed by atoms with Crippen LogP contribution >= 0.6 is 11.8 Å². The number of nitrogens with zero attached hydrogens (tertiary/aromatic N) is 1. The number of hydrogen-bond donors (Lipinski definition) is 1. The van der Waals surface area contributed by atoms with E-state index in [0.717, 1.165) is 24.0 Å². The van der Waals surface area contributed by atoms with E-state index in [1.165, 1.54) is 88.7 Å². The van der Waals surface area contributed by atoms with Crippen LogP contribution in [0.1, 0.15) is 96.0 Å². The smallest absolute Gasteiger partial charge is 0.0937 e. The maximum atomic E-state index is 12.4. The molecule has 0 unspecified atom stereocenters. The van der Waals surface area contributed by atoms with Crippen LogP contribution in [0, 0.1) is 28.6 Å². The Labute approximate surface area is 205 Å². The first kappa shape index (κ1) is 23.0. The summed E-state index contributed by atoms with van der Waals surface area (Å²) in [6.45, 7) is 9.01. The van der Waals surface area contributed by atoms with E-state index in [1.54, 1.807) is 0 Å². The SMILES string of the molecule is C[C@]12CC[C@H](SCCN3CCCC3)C[C@@H]1CC[C@@H]1[C@@H]2CC[C@]2(C)[C@@H](c3ccoc3)CC[C@]12O. The average molecular weight is 472 g/mol. The van der Waals surface area contributed by atoms with E-state index >= 15 is 0 Å². The molecule has 3 nitrogen and oxygen atoms in total. The van der Waals surface area contributed by atoms with Gasteiger partial charge in [-0.1, -0.05) is 13.8 Å². The van der Waals surface area contributed by atoms with E-state index in [9.17, 15) is 5.11 Å². The van der Waals surface area contributed by atoms with Gasteiger partial charge in [0, 0.05) is 23.0 Å². The fourth-order valence-corrected chi connectivity index (χ4v) is 11.0. The Morgan fingerprint density at radius 3 is 2.67 bits per heavy atom. The standard InChI is InChI=1S/C29H45NO2S/c1-27-11-7-23(33-18-16-30-14-3-4-15-30)19-22(27)5-6-26-25(27)8-12-28(2)24(9-13-29(26,28)31)21-10-17-32-20-21/h10,17,20,22-26,31H,3-9,11-16,18-19H2,1-2H3/t22-,23-,24+,25-,26+,27-,28+,29-/m0/s1. The van der Waals surface area contributed by atoms with Crippen molar-refractivity contribution in [2.24, 2.45) is 28.6 Å². The zero-order valence-corrected chi connectivity index (χ0v) is 21.8. The van der Waals surface area contributed by atoms with Crippen LogP contribution in [0.15, 0.2) is 23.0 Å². The van der Waals surface area contributed by atoms with Crippen molar-refractivity contribution in [2.45, 2.75) is 101 Å². The van der Waals surface area contributed by atoms with Crippen molar-refractivity contribution in [3.63, 3.8) is 0 Å². The van der Waals surface area contributed by atoms with Gasteiger partial charge >= 0.3 is 0 Å². The van der Waals surface area contributed by atoms with Crippen LogP contribution in [0.25, 0.3) is 0 Å². The molecule has 1 aromatic heterocycles. The molecule has 5 fully saturated rings. The van der Waals surface area contributed by atoms with Crippen LogP contribution in [0.2, 0.25) is 0 Å². The predicted octanol–water partition coefficient (Wildman–Crippen LogP) is 6.72. The van der Waals surface area contributed by atoms with Crippen molar-refractivity contribution in [3.8, 4) is 0 Å². The molecule has 4 heteroatoms. The molecule has 4 saturated carbocycles. The van der Waals surface area contributed by atoms with Gasteiger partial charge < -0.3 is 14.4 Å². The summed E-state index contributed by atoms with van der Waals surface area (Å²) in [4.78, 5) is 2.67. The van der Waals surface area contributed by atoms with Gasteiger partial charge in [-0.3, -0.25) is 0 Å². The van der Waals surface area contributed by atoms with Crippen LogP contribution in [0.5, 0.6) is 0 Å². The van der Waals surface area contributed by atoms with Crippen molar-refractivity contribution >= 4 is 11.8 Å². The molecular formula is C29H45NO2S.